The fourth-order valence-electron chi connectivity index (χ4n) is 2.42. The molecular formula is C16H21N3O. The molecule has 0 bridgehead atoms. The average molecular weight is 271 g/mol. The second-order valence-corrected chi connectivity index (χ2v) is 5.28. The highest BCUT2D eigenvalue weighted by atomic mass is 16.1. The standard InChI is InChI=1S/C16H21N3O/c1-12-5-6-15(13(10-12)4-3-8-17)16(20)18-14-7-9-19(2)11-14/h5-6,10,14H,7-9,11,17H2,1-2H3,(H,18,20). The zero-order chi connectivity index (χ0) is 14.5. The molecule has 20 heavy (non-hydrogen) atoms. The number of nitrogens with one attached hydrogen (secondary N) is 1. The van der Waals surface area contributed by atoms with Crippen molar-refractivity contribution in [3.8, 4) is 11.8 Å². The third-order valence-corrected chi connectivity index (χ3v) is 3.47. The van der Waals surface area contributed by atoms with Crippen LogP contribution in [-0.4, -0.2) is 43.5 Å². The maximum atomic E-state index is 12.4. The summed E-state index contributed by atoms with van der Waals surface area (Å²) in [4.78, 5) is 14.6. The Hall–Kier alpha value is -1.83. The van der Waals surface area contributed by atoms with Gasteiger partial charge in [0.05, 0.1) is 12.1 Å². The van der Waals surface area contributed by atoms with Gasteiger partial charge in [-0.2, -0.15) is 0 Å². The van der Waals surface area contributed by atoms with Crippen LogP contribution < -0.4 is 11.1 Å². The monoisotopic (exact) mass is 271 g/mol. The first kappa shape index (κ1) is 14.6. The van der Waals surface area contributed by atoms with Crippen LogP contribution in [-0.2, 0) is 0 Å². The first-order valence-corrected chi connectivity index (χ1v) is 6.89. The van der Waals surface area contributed by atoms with E-state index in [1.165, 1.54) is 0 Å². The molecule has 0 radical (unpaired) electrons. The van der Waals surface area contributed by atoms with Crippen molar-refractivity contribution in [2.24, 2.45) is 5.73 Å². The molecule has 1 fully saturated rings. The maximum absolute atomic E-state index is 12.4. The second-order valence-electron chi connectivity index (χ2n) is 5.28. The SMILES string of the molecule is Cc1ccc(C(=O)NC2CCN(C)C2)c(C#CCN)c1. The van der Waals surface area contributed by atoms with Gasteiger partial charge in [0.2, 0.25) is 0 Å². The molecule has 1 atom stereocenters. The van der Waals surface area contributed by atoms with Gasteiger partial charge in [-0.3, -0.25) is 4.79 Å². The van der Waals surface area contributed by atoms with Crippen LogP contribution >= 0.6 is 0 Å². The first-order valence-electron chi connectivity index (χ1n) is 6.89. The Morgan fingerprint density at radius 1 is 1.55 bits per heavy atom. The lowest BCUT2D eigenvalue weighted by molar-refractivity contribution is 0.0938. The number of amides is 1. The lowest BCUT2D eigenvalue weighted by Gasteiger charge is -2.14. The highest BCUT2D eigenvalue weighted by molar-refractivity contribution is 5.97. The predicted molar refractivity (Wildman–Crippen MR) is 80.5 cm³/mol. The smallest absolute Gasteiger partial charge is 0.252 e. The Morgan fingerprint density at radius 3 is 3.00 bits per heavy atom. The molecule has 4 heteroatoms. The van der Waals surface area contributed by atoms with E-state index in [0.717, 1.165) is 30.6 Å². The minimum absolute atomic E-state index is 0.0494. The summed E-state index contributed by atoms with van der Waals surface area (Å²) in [6, 6.07) is 5.93. The van der Waals surface area contributed by atoms with Crippen molar-refractivity contribution in [1.82, 2.24) is 10.2 Å². The van der Waals surface area contributed by atoms with Gasteiger partial charge in [0.15, 0.2) is 0 Å². The fraction of sp³-hybridized carbons (Fsp3) is 0.438. The topological polar surface area (TPSA) is 58.4 Å². The van der Waals surface area contributed by atoms with Crippen LogP contribution in [0.25, 0.3) is 0 Å². The second kappa shape index (κ2) is 6.56. The summed E-state index contributed by atoms with van der Waals surface area (Å²) in [5.41, 5.74) is 7.87. The van der Waals surface area contributed by atoms with Gasteiger partial charge in [-0.1, -0.05) is 17.9 Å². The van der Waals surface area contributed by atoms with E-state index in [1.54, 1.807) is 0 Å². The van der Waals surface area contributed by atoms with E-state index in [9.17, 15) is 4.79 Å². The summed E-state index contributed by atoms with van der Waals surface area (Å²) in [7, 11) is 2.07. The molecule has 0 aromatic heterocycles. The third-order valence-electron chi connectivity index (χ3n) is 3.47. The van der Waals surface area contributed by atoms with Crippen molar-refractivity contribution in [3.05, 3.63) is 34.9 Å². The largest absolute Gasteiger partial charge is 0.348 e. The highest BCUT2D eigenvalue weighted by Gasteiger charge is 2.22. The van der Waals surface area contributed by atoms with Gasteiger partial charge < -0.3 is 16.0 Å². The summed E-state index contributed by atoms with van der Waals surface area (Å²) in [5.74, 6) is 5.75. The summed E-state index contributed by atoms with van der Waals surface area (Å²) in [5, 5.41) is 3.08. The van der Waals surface area contributed by atoms with Gasteiger partial charge in [-0.05, 0) is 44.6 Å². The zero-order valence-corrected chi connectivity index (χ0v) is 12.1. The van der Waals surface area contributed by atoms with E-state index in [1.807, 2.05) is 25.1 Å². The Bertz CT molecular complexity index is 557. The van der Waals surface area contributed by atoms with Crippen molar-refractivity contribution in [1.29, 1.82) is 0 Å². The molecule has 1 heterocycles. The van der Waals surface area contributed by atoms with E-state index < -0.39 is 0 Å². The van der Waals surface area contributed by atoms with E-state index >= 15 is 0 Å². The van der Waals surface area contributed by atoms with Crippen LogP contribution in [0.5, 0.6) is 0 Å². The number of benzene rings is 1. The predicted octanol–water partition coefficient (Wildman–Crippen LogP) is 0.739. The van der Waals surface area contributed by atoms with Crippen LogP contribution in [0.2, 0.25) is 0 Å². The summed E-state index contributed by atoms with van der Waals surface area (Å²) < 4.78 is 0. The molecule has 1 aromatic rings. The first-order chi connectivity index (χ1) is 9.60. The maximum Gasteiger partial charge on any atom is 0.252 e. The van der Waals surface area contributed by atoms with Crippen LogP contribution in [0, 0.1) is 18.8 Å². The van der Waals surface area contributed by atoms with E-state index in [-0.39, 0.29) is 11.9 Å². The van der Waals surface area contributed by atoms with E-state index in [2.05, 4.69) is 29.1 Å². The van der Waals surface area contributed by atoms with Gasteiger partial charge in [-0.15, -0.1) is 0 Å². The number of nitrogens with two attached hydrogens (primary N) is 1. The number of carbonyl (C=O) groups is 1. The number of hydrogen-bond donors (Lipinski definition) is 2. The molecule has 0 saturated carbocycles. The van der Waals surface area contributed by atoms with Gasteiger partial charge in [0.1, 0.15) is 0 Å². The van der Waals surface area contributed by atoms with Crippen LogP contribution in [0.15, 0.2) is 18.2 Å². The molecule has 2 rings (SSSR count). The number of rotatable bonds is 2. The molecule has 1 unspecified atom stereocenters. The quantitative estimate of drug-likeness (QED) is 0.780. The molecular weight excluding hydrogens is 250 g/mol. The van der Waals surface area contributed by atoms with Crippen molar-refractivity contribution >= 4 is 5.91 Å². The van der Waals surface area contributed by atoms with Crippen molar-refractivity contribution in [2.75, 3.05) is 26.7 Å². The summed E-state index contributed by atoms with van der Waals surface area (Å²) >= 11 is 0. The number of likely N-dealkylation sites (N-methyl/N-ethyl adjacent to an activating group) is 1. The molecule has 1 amide bonds. The van der Waals surface area contributed by atoms with Crippen molar-refractivity contribution in [2.45, 2.75) is 19.4 Å². The van der Waals surface area contributed by atoms with Gasteiger partial charge in [0, 0.05) is 18.2 Å². The molecule has 1 saturated heterocycles. The number of hydrogen-bond acceptors (Lipinski definition) is 3. The third kappa shape index (κ3) is 3.60. The Labute approximate surface area is 120 Å². The lowest BCUT2D eigenvalue weighted by Crippen LogP contribution is -2.36. The molecule has 3 N–H and O–H groups in total. The van der Waals surface area contributed by atoms with Crippen LogP contribution in [0.4, 0.5) is 0 Å². The van der Waals surface area contributed by atoms with Crippen LogP contribution in [0.3, 0.4) is 0 Å². The van der Waals surface area contributed by atoms with Crippen LogP contribution in [0.1, 0.15) is 27.9 Å². The lowest BCUT2D eigenvalue weighted by atomic mass is 10.0. The van der Waals surface area contributed by atoms with Gasteiger partial charge in [0.25, 0.3) is 5.91 Å². The van der Waals surface area contributed by atoms with E-state index in [0.29, 0.717) is 12.1 Å². The molecule has 0 spiro atoms. The minimum Gasteiger partial charge on any atom is -0.348 e. The molecule has 1 aliphatic rings. The molecule has 0 aliphatic carbocycles. The Balaban J connectivity index is 2.16. The van der Waals surface area contributed by atoms with Crippen molar-refractivity contribution in [3.63, 3.8) is 0 Å². The molecule has 4 nitrogen and oxygen atoms in total. The van der Waals surface area contributed by atoms with E-state index in [4.69, 9.17) is 5.73 Å². The minimum atomic E-state index is -0.0494. The number of carbonyl (C=O) groups excluding carboxylic acids is 1. The van der Waals surface area contributed by atoms with Crippen molar-refractivity contribution < 1.29 is 4.79 Å². The summed E-state index contributed by atoms with van der Waals surface area (Å²) in [6.07, 6.45) is 0.998. The average Bonchev–Trinajstić information content (AvgIpc) is 2.81. The van der Waals surface area contributed by atoms with Gasteiger partial charge >= 0.3 is 0 Å². The molecule has 106 valence electrons. The number of likely N-dealkylation sites (tertiary alicyclic amines) is 1. The Kier molecular flexibility index (Phi) is 4.78. The zero-order valence-electron chi connectivity index (χ0n) is 12.1. The molecule has 1 aliphatic heterocycles. The summed E-state index contributed by atoms with van der Waals surface area (Å²) in [6.45, 7) is 4.21. The number of aryl methyl sites for hydroxylation is 1. The fourth-order valence-corrected chi connectivity index (χ4v) is 2.42. The number of nitrogens with zero attached hydrogens (tertiary/aromatic N) is 1. The Morgan fingerprint density at radius 2 is 2.35 bits per heavy atom. The van der Waals surface area contributed by atoms with Gasteiger partial charge in [-0.25, -0.2) is 0 Å². The highest BCUT2D eigenvalue weighted by Crippen LogP contribution is 2.13. The normalized spacial score (nSPS) is 18.4. The molecule has 1 aromatic carbocycles.